The van der Waals surface area contributed by atoms with Gasteiger partial charge in [-0.3, -0.25) is 0 Å². The van der Waals surface area contributed by atoms with Crippen LogP contribution in [-0.4, -0.2) is 19.6 Å². The first kappa shape index (κ1) is 12.0. The Kier molecular flexibility index (Phi) is 6.20. The molecule has 3 N–H and O–H groups in total. The van der Waals surface area contributed by atoms with E-state index in [0.717, 1.165) is 31.3 Å². The van der Waals surface area contributed by atoms with Crippen molar-refractivity contribution < 1.29 is 0 Å². The van der Waals surface area contributed by atoms with E-state index in [2.05, 4.69) is 12.2 Å². The summed E-state index contributed by atoms with van der Waals surface area (Å²) in [5.41, 5.74) is 5.43. The molecule has 0 aromatic carbocycles. The van der Waals surface area contributed by atoms with Crippen molar-refractivity contribution in [2.75, 3.05) is 19.6 Å². The van der Waals surface area contributed by atoms with E-state index >= 15 is 0 Å². The molecule has 84 valence electrons. The topological polar surface area (TPSA) is 38.0 Å². The van der Waals surface area contributed by atoms with Gasteiger partial charge in [-0.2, -0.15) is 0 Å². The Morgan fingerprint density at radius 2 is 2.14 bits per heavy atom. The summed E-state index contributed by atoms with van der Waals surface area (Å²) in [7, 11) is 0. The van der Waals surface area contributed by atoms with Crippen molar-refractivity contribution in [1.29, 1.82) is 0 Å². The molecule has 2 heteroatoms. The van der Waals surface area contributed by atoms with E-state index in [0.29, 0.717) is 0 Å². The fourth-order valence-electron chi connectivity index (χ4n) is 2.48. The van der Waals surface area contributed by atoms with Crippen LogP contribution in [0.4, 0.5) is 0 Å². The van der Waals surface area contributed by atoms with Crippen LogP contribution >= 0.6 is 0 Å². The molecule has 0 saturated heterocycles. The van der Waals surface area contributed by atoms with Crippen molar-refractivity contribution in [3.05, 3.63) is 0 Å². The Balaban J connectivity index is 1.95. The van der Waals surface area contributed by atoms with Crippen LogP contribution in [0.2, 0.25) is 0 Å². The third-order valence-electron chi connectivity index (χ3n) is 3.33. The highest BCUT2D eigenvalue weighted by molar-refractivity contribution is 4.71. The minimum atomic E-state index is 0.813. The summed E-state index contributed by atoms with van der Waals surface area (Å²) in [5, 5.41) is 3.47. The van der Waals surface area contributed by atoms with Crippen molar-refractivity contribution in [2.45, 2.75) is 45.4 Å². The molecule has 1 fully saturated rings. The minimum Gasteiger partial charge on any atom is -0.330 e. The molecule has 2 atom stereocenters. The first-order valence-corrected chi connectivity index (χ1v) is 6.23. The van der Waals surface area contributed by atoms with Crippen LogP contribution in [0.25, 0.3) is 0 Å². The summed E-state index contributed by atoms with van der Waals surface area (Å²) in [6.07, 6.45) is 8.31. The largest absolute Gasteiger partial charge is 0.330 e. The lowest BCUT2D eigenvalue weighted by Gasteiger charge is -2.26. The minimum absolute atomic E-state index is 0.813. The summed E-state index contributed by atoms with van der Waals surface area (Å²) in [6.45, 7) is 5.50. The van der Waals surface area contributed by atoms with Crippen LogP contribution in [0.5, 0.6) is 0 Å². The summed E-state index contributed by atoms with van der Waals surface area (Å²) in [4.78, 5) is 0. The molecule has 1 saturated carbocycles. The number of nitrogens with one attached hydrogen (secondary N) is 1. The molecule has 0 aromatic rings. The normalized spacial score (nSPS) is 27.9. The average Bonchev–Trinajstić information content (AvgIpc) is 2.18. The van der Waals surface area contributed by atoms with Gasteiger partial charge in [0.1, 0.15) is 0 Å². The molecule has 0 aromatic heterocycles. The second-order valence-electron chi connectivity index (χ2n) is 4.82. The molecule has 0 aliphatic heterocycles. The van der Waals surface area contributed by atoms with Gasteiger partial charge in [-0.05, 0) is 50.7 Å². The van der Waals surface area contributed by atoms with Crippen molar-refractivity contribution >= 4 is 0 Å². The van der Waals surface area contributed by atoms with E-state index < -0.39 is 0 Å². The van der Waals surface area contributed by atoms with Gasteiger partial charge in [-0.15, -0.1) is 0 Å². The van der Waals surface area contributed by atoms with Crippen molar-refractivity contribution in [2.24, 2.45) is 17.6 Å². The van der Waals surface area contributed by atoms with Crippen LogP contribution in [0.1, 0.15) is 45.4 Å². The molecular weight excluding hydrogens is 172 g/mol. The van der Waals surface area contributed by atoms with Gasteiger partial charge in [-0.25, -0.2) is 0 Å². The molecule has 2 unspecified atom stereocenters. The lowest BCUT2D eigenvalue weighted by Crippen LogP contribution is -2.23. The van der Waals surface area contributed by atoms with E-state index in [-0.39, 0.29) is 0 Å². The maximum absolute atomic E-state index is 5.43. The molecular formula is C12H26N2. The van der Waals surface area contributed by atoms with E-state index in [1.165, 1.54) is 38.6 Å². The highest BCUT2D eigenvalue weighted by atomic mass is 14.8. The predicted molar refractivity (Wildman–Crippen MR) is 62.3 cm³/mol. The van der Waals surface area contributed by atoms with Crippen LogP contribution < -0.4 is 11.1 Å². The van der Waals surface area contributed by atoms with E-state index in [1.54, 1.807) is 0 Å². The van der Waals surface area contributed by atoms with Gasteiger partial charge >= 0.3 is 0 Å². The average molecular weight is 198 g/mol. The zero-order chi connectivity index (χ0) is 10.2. The first-order chi connectivity index (χ1) is 6.83. The van der Waals surface area contributed by atoms with Crippen LogP contribution in [0, 0.1) is 11.8 Å². The SMILES string of the molecule is CC1CCCC(CCNCCCN)C1. The summed E-state index contributed by atoms with van der Waals surface area (Å²) in [5.74, 6) is 1.96. The Hall–Kier alpha value is -0.0800. The molecule has 1 aliphatic rings. The molecule has 2 nitrogen and oxygen atoms in total. The van der Waals surface area contributed by atoms with Gasteiger partial charge < -0.3 is 11.1 Å². The van der Waals surface area contributed by atoms with Crippen LogP contribution in [0.15, 0.2) is 0 Å². The molecule has 1 rings (SSSR count). The maximum Gasteiger partial charge on any atom is -0.00369 e. The van der Waals surface area contributed by atoms with Gasteiger partial charge in [0.25, 0.3) is 0 Å². The lowest BCUT2D eigenvalue weighted by atomic mass is 9.81. The lowest BCUT2D eigenvalue weighted by molar-refractivity contribution is 0.268. The predicted octanol–water partition coefficient (Wildman–Crippen LogP) is 2.14. The van der Waals surface area contributed by atoms with Crippen molar-refractivity contribution in [1.82, 2.24) is 5.32 Å². The quantitative estimate of drug-likeness (QED) is 0.642. The Morgan fingerprint density at radius 3 is 2.86 bits per heavy atom. The molecule has 0 spiro atoms. The van der Waals surface area contributed by atoms with Crippen LogP contribution in [0.3, 0.4) is 0 Å². The third-order valence-corrected chi connectivity index (χ3v) is 3.33. The zero-order valence-corrected chi connectivity index (χ0v) is 9.60. The smallest absolute Gasteiger partial charge is 0.00369 e. The monoisotopic (exact) mass is 198 g/mol. The summed E-state index contributed by atoms with van der Waals surface area (Å²) >= 11 is 0. The highest BCUT2D eigenvalue weighted by Gasteiger charge is 2.17. The molecule has 1 aliphatic carbocycles. The fraction of sp³-hybridized carbons (Fsp3) is 1.00. The second-order valence-corrected chi connectivity index (χ2v) is 4.82. The van der Waals surface area contributed by atoms with E-state index in [4.69, 9.17) is 5.73 Å². The Bertz CT molecular complexity index is 136. The third kappa shape index (κ3) is 4.97. The Labute approximate surface area is 88.6 Å². The second kappa shape index (κ2) is 7.24. The number of hydrogen-bond acceptors (Lipinski definition) is 2. The number of nitrogens with two attached hydrogens (primary N) is 1. The number of hydrogen-bond donors (Lipinski definition) is 2. The molecule has 14 heavy (non-hydrogen) atoms. The maximum atomic E-state index is 5.43. The molecule has 0 radical (unpaired) electrons. The van der Waals surface area contributed by atoms with Gasteiger partial charge in [0.15, 0.2) is 0 Å². The highest BCUT2D eigenvalue weighted by Crippen LogP contribution is 2.30. The zero-order valence-electron chi connectivity index (χ0n) is 9.60. The Morgan fingerprint density at radius 1 is 1.29 bits per heavy atom. The standard InChI is InChI=1S/C12H26N2/c1-11-4-2-5-12(10-11)6-9-14-8-3-7-13/h11-12,14H,2-10,13H2,1H3. The number of rotatable bonds is 6. The van der Waals surface area contributed by atoms with Crippen LogP contribution in [-0.2, 0) is 0 Å². The van der Waals surface area contributed by atoms with Crippen molar-refractivity contribution in [3.8, 4) is 0 Å². The van der Waals surface area contributed by atoms with E-state index in [1.807, 2.05) is 0 Å². The molecule has 0 amide bonds. The van der Waals surface area contributed by atoms with Gasteiger partial charge in [0.2, 0.25) is 0 Å². The summed E-state index contributed by atoms with van der Waals surface area (Å²) < 4.78 is 0. The van der Waals surface area contributed by atoms with Gasteiger partial charge in [0, 0.05) is 0 Å². The molecule has 0 heterocycles. The van der Waals surface area contributed by atoms with E-state index in [9.17, 15) is 0 Å². The first-order valence-electron chi connectivity index (χ1n) is 6.23. The fourth-order valence-corrected chi connectivity index (χ4v) is 2.48. The molecule has 0 bridgehead atoms. The van der Waals surface area contributed by atoms with Gasteiger partial charge in [0.05, 0.1) is 0 Å². The van der Waals surface area contributed by atoms with Crippen molar-refractivity contribution in [3.63, 3.8) is 0 Å². The summed E-state index contributed by atoms with van der Waals surface area (Å²) in [6, 6.07) is 0. The van der Waals surface area contributed by atoms with Gasteiger partial charge in [-0.1, -0.05) is 26.2 Å².